The van der Waals surface area contributed by atoms with E-state index in [1.54, 1.807) is 0 Å². The van der Waals surface area contributed by atoms with Gasteiger partial charge in [-0.05, 0) is 0 Å². The summed E-state index contributed by atoms with van der Waals surface area (Å²) >= 11 is 0. The van der Waals surface area contributed by atoms with E-state index >= 15 is 0 Å². The molecule has 0 saturated heterocycles. The summed E-state index contributed by atoms with van der Waals surface area (Å²) in [5.41, 5.74) is 0. The molecule has 0 amide bonds. The quantitative estimate of drug-likeness (QED) is 0.420. The number of rotatable bonds is 4. The molecular formula is C10H28N2O2S4W. The maximum atomic E-state index is 8.39. The molecule has 0 heterocycles. The third-order valence-electron chi connectivity index (χ3n) is 1.54. The van der Waals surface area contributed by atoms with E-state index in [9.17, 15) is 0 Å². The van der Waals surface area contributed by atoms with Gasteiger partial charge in [0, 0.05) is 0 Å². The van der Waals surface area contributed by atoms with Gasteiger partial charge in [0.05, 0.1) is 55.5 Å². The Bertz CT molecular complexity index is 274. The molecule has 0 atom stereocenters. The van der Waals surface area contributed by atoms with Crippen LogP contribution in [0.15, 0.2) is 0 Å². The van der Waals surface area contributed by atoms with Gasteiger partial charge < -0.3 is 19.2 Å². The van der Waals surface area contributed by atoms with Gasteiger partial charge in [0.2, 0.25) is 0 Å². The average Bonchev–Trinajstić information content (AvgIpc) is 1.95. The van der Waals surface area contributed by atoms with E-state index in [4.69, 9.17) is 10.2 Å². The van der Waals surface area contributed by atoms with Gasteiger partial charge in [-0.2, -0.15) is 0 Å². The van der Waals surface area contributed by atoms with E-state index in [0.29, 0.717) is 0 Å². The third kappa shape index (κ3) is 65.7. The predicted octanol–water partition coefficient (Wildman–Crippen LogP) is 0.659. The van der Waals surface area contributed by atoms with Crippen molar-refractivity contribution in [3.63, 3.8) is 0 Å². The molecule has 0 aromatic rings. The Labute approximate surface area is 137 Å². The average molecular weight is 520 g/mol. The molecule has 0 saturated carbocycles. The molecule has 0 fully saturated rings. The summed E-state index contributed by atoms with van der Waals surface area (Å²) in [6.45, 7) is 2.23. The van der Waals surface area contributed by atoms with Crippen LogP contribution in [0.25, 0.3) is 0 Å². The molecule has 0 aromatic carbocycles. The van der Waals surface area contributed by atoms with Crippen molar-refractivity contribution in [1.29, 1.82) is 0 Å². The van der Waals surface area contributed by atoms with Crippen LogP contribution in [0.1, 0.15) is 0 Å². The van der Waals surface area contributed by atoms with Gasteiger partial charge in [-0.15, -0.1) is 0 Å². The Balaban J connectivity index is -0.000000206. The van der Waals surface area contributed by atoms with E-state index in [-0.39, 0.29) is 13.2 Å². The summed E-state index contributed by atoms with van der Waals surface area (Å²) in [6, 6.07) is 0. The normalized spacial score (nSPS) is 11.9. The molecule has 19 heavy (non-hydrogen) atoms. The van der Waals surface area contributed by atoms with Crippen LogP contribution in [-0.2, 0) is 30.5 Å². The van der Waals surface area contributed by atoms with Crippen molar-refractivity contribution in [2.45, 2.75) is 0 Å². The SMILES string of the molecule is C[N+](C)(C)CCO.C[N+](C)(C)CCO.[S]=[W](=[S])([S-])[S-]. The Morgan fingerprint density at radius 1 is 0.789 bits per heavy atom. The van der Waals surface area contributed by atoms with Gasteiger partial charge in [0.1, 0.15) is 13.1 Å². The minimum absolute atomic E-state index is 0.281. The van der Waals surface area contributed by atoms with E-state index in [2.05, 4.69) is 82.6 Å². The third-order valence-corrected chi connectivity index (χ3v) is 1.54. The standard InChI is InChI=1S/2C5H14NO.4S.W/c2*1-6(2,3)4-5-7;;;;;/h2*7H,4-5H2,1-3H3;;;;;/q2*+1;;;2*-1;. The number of quaternary nitrogens is 2. The first-order chi connectivity index (χ1) is 8.12. The minimum atomic E-state index is -2.83. The molecule has 0 aliphatic carbocycles. The number of likely N-dealkylation sites (N-methyl/N-ethyl adjacent to an activating group) is 2. The number of nitrogens with zero attached hydrogens (tertiary/aromatic N) is 2. The Morgan fingerprint density at radius 2 is 0.947 bits per heavy atom. The van der Waals surface area contributed by atoms with Gasteiger partial charge in [-0.1, -0.05) is 0 Å². The van der Waals surface area contributed by atoms with E-state index < -0.39 is 9.86 Å². The summed E-state index contributed by atoms with van der Waals surface area (Å²) in [5, 5.41) is 16.8. The fraction of sp³-hybridized carbons (Fsp3) is 1.00. The van der Waals surface area contributed by atoms with Crippen LogP contribution >= 0.6 is 19.6 Å². The van der Waals surface area contributed by atoms with E-state index in [1.165, 1.54) is 0 Å². The van der Waals surface area contributed by atoms with Crippen LogP contribution < -0.4 is 0 Å². The van der Waals surface area contributed by atoms with Gasteiger partial charge in [-0.3, -0.25) is 0 Å². The molecule has 2 N–H and O–H groups in total. The van der Waals surface area contributed by atoms with Gasteiger partial charge >= 0.3 is 50.2 Å². The first kappa shape index (κ1) is 25.6. The van der Waals surface area contributed by atoms with Crippen LogP contribution in [0.2, 0.25) is 0 Å². The molecule has 0 bridgehead atoms. The van der Waals surface area contributed by atoms with Crippen molar-refractivity contribution in [1.82, 2.24) is 0 Å². The van der Waals surface area contributed by atoms with Crippen molar-refractivity contribution < 1.29 is 29.0 Å². The van der Waals surface area contributed by atoms with E-state index in [1.807, 2.05) is 0 Å². The Kier molecular flexibility index (Phi) is 16.5. The summed E-state index contributed by atoms with van der Waals surface area (Å²) in [4.78, 5) is 0. The zero-order valence-corrected chi connectivity index (χ0v) is 18.9. The first-order valence-corrected chi connectivity index (χ1v) is 21.3. The fourth-order valence-electron chi connectivity index (χ4n) is 0.600. The second kappa shape index (κ2) is 12.2. The van der Waals surface area contributed by atoms with Gasteiger partial charge in [-0.25, -0.2) is 0 Å². The zero-order valence-electron chi connectivity index (χ0n) is 12.7. The van der Waals surface area contributed by atoms with Crippen molar-refractivity contribution in [2.75, 3.05) is 68.6 Å². The van der Waals surface area contributed by atoms with Crippen molar-refractivity contribution in [2.24, 2.45) is 0 Å². The van der Waals surface area contributed by atoms with Crippen molar-refractivity contribution >= 4 is 40.3 Å². The number of hydrogen-bond acceptors (Lipinski definition) is 6. The molecule has 0 rings (SSSR count). The topological polar surface area (TPSA) is 40.5 Å². The summed E-state index contributed by atoms with van der Waals surface area (Å²) in [5.74, 6) is 0. The summed E-state index contributed by atoms with van der Waals surface area (Å²) < 4.78 is 1.69. The molecule has 120 valence electrons. The molecule has 4 nitrogen and oxygen atoms in total. The first-order valence-electron chi connectivity index (χ1n) is 5.61. The van der Waals surface area contributed by atoms with E-state index in [0.717, 1.165) is 22.1 Å². The molecule has 0 radical (unpaired) electrons. The van der Waals surface area contributed by atoms with Crippen molar-refractivity contribution in [3.05, 3.63) is 0 Å². The Hall–Kier alpha value is 1.67. The van der Waals surface area contributed by atoms with Crippen LogP contribution in [0.4, 0.5) is 0 Å². The summed E-state index contributed by atoms with van der Waals surface area (Å²) in [6.07, 6.45) is 0. The van der Waals surface area contributed by atoms with Crippen LogP contribution in [-0.4, -0.2) is 87.8 Å². The predicted molar refractivity (Wildman–Crippen MR) is 89.9 cm³/mol. The second-order valence-electron chi connectivity index (χ2n) is 5.88. The number of hydrogen-bond donors (Lipinski definition) is 2. The second-order valence-corrected chi connectivity index (χ2v) is 35.5. The van der Waals surface area contributed by atoms with Crippen LogP contribution in [0.3, 0.4) is 0 Å². The number of aliphatic hydroxyl groups is 2. The van der Waals surface area contributed by atoms with Gasteiger partial charge in [0.25, 0.3) is 0 Å². The van der Waals surface area contributed by atoms with Crippen LogP contribution in [0, 0.1) is 0 Å². The molecule has 0 aliphatic rings. The van der Waals surface area contributed by atoms with Crippen LogP contribution in [0.5, 0.6) is 0 Å². The van der Waals surface area contributed by atoms with Gasteiger partial charge in [0.15, 0.2) is 0 Å². The molecule has 9 heteroatoms. The fourth-order valence-corrected chi connectivity index (χ4v) is 0.600. The maximum absolute atomic E-state index is 8.39. The Morgan fingerprint density at radius 3 is 0.947 bits per heavy atom. The number of aliphatic hydroxyl groups excluding tert-OH is 2. The zero-order chi connectivity index (χ0) is 16.3. The summed E-state index contributed by atoms with van der Waals surface area (Å²) in [7, 11) is 27.4. The molecule has 0 spiro atoms. The molecule has 0 unspecified atom stereocenters. The molecule has 0 aliphatic heterocycles. The molecule has 0 aromatic heterocycles. The molecular weight excluding hydrogens is 492 g/mol. The van der Waals surface area contributed by atoms with Crippen molar-refractivity contribution in [3.8, 4) is 0 Å². The monoisotopic (exact) mass is 520 g/mol.